The van der Waals surface area contributed by atoms with Crippen molar-refractivity contribution in [3.8, 4) is 11.1 Å². The van der Waals surface area contributed by atoms with Crippen LogP contribution in [0.4, 0.5) is 8.78 Å². The van der Waals surface area contributed by atoms with Gasteiger partial charge in [-0.05, 0) is 43.2 Å². The Morgan fingerprint density at radius 2 is 1.90 bits per heavy atom. The number of rotatable bonds is 2. The third kappa shape index (κ3) is 2.40. The lowest BCUT2D eigenvalue weighted by Crippen LogP contribution is -2.19. The van der Waals surface area contributed by atoms with Crippen LogP contribution >= 0.6 is 0 Å². The van der Waals surface area contributed by atoms with E-state index in [-0.39, 0.29) is 5.56 Å². The Morgan fingerprint density at radius 3 is 2.62 bits per heavy atom. The van der Waals surface area contributed by atoms with E-state index in [1.54, 1.807) is 24.5 Å². The first-order valence-electron chi connectivity index (χ1n) is 6.51. The number of hydrogen-bond acceptors (Lipinski definition) is 2. The van der Waals surface area contributed by atoms with Crippen LogP contribution in [0.2, 0.25) is 0 Å². The van der Waals surface area contributed by atoms with Gasteiger partial charge in [0.25, 0.3) is 0 Å². The van der Waals surface area contributed by atoms with Crippen LogP contribution in [0.15, 0.2) is 36.7 Å². The zero-order valence-electron chi connectivity index (χ0n) is 11.6. The standard InChI is InChI=1S/C16H14F2N2O/c1-16(2,21)15-11(6-10(17)7-12(15)18)9-3-4-13-14(5-9)20-8-19-13/h3-8,21H,1-2H3,(H,19,20). The summed E-state index contributed by atoms with van der Waals surface area (Å²) >= 11 is 0. The summed E-state index contributed by atoms with van der Waals surface area (Å²) < 4.78 is 27.7. The molecule has 0 aliphatic rings. The number of aromatic nitrogens is 2. The van der Waals surface area contributed by atoms with Gasteiger partial charge in [0.05, 0.1) is 23.0 Å². The molecule has 0 bridgehead atoms. The van der Waals surface area contributed by atoms with Gasteiger partial charge in [0.1, 0.15) is 11.6 Å². The topological polar surface area (TPSA) is 48.9 Å². The van der Waals surface area contributed by atoms with Gasteiger partial charge in [-0.1, -0.05) is 6.07 Å². The summed E-state index contributed by atoms with van der Waals surface area (Å²) in [6, 6.07) is 7.27. The molecule has 0 unspecified atom stereocenters. The van der Waals surface area contributed by atoms with Crippen molar-refractivity contribution in [2.75, 3.05) is 0 Å². The van der Waals surface area contributed by atoms with Crippen LogP contribution in [-0.4, -0.2) is 15.1 Å². The second-order valence-corrected chi connectivity index (χ2v) is 5.50. The van der Waals surface area contributed by atoms with Gasteiger partial charge in [-0.2, -0.15) is 0 Å². The number of hydrogen-bond donors (Lipinski definition) is 2. The van der Waals surface area contributed by atoms with Gasteiger partial charge in [-0.25, -0.2) is 13.8 Å². The molecule has 3 rings (SSSR count). The average Bonchev–Trinajstić information content (AvgIpc) is 2.82. The second kappa shape index (κ2) is 4.63. The summed E-state index contributed by atoms with van der Waals surface area (Å²) in [6.45, 7) is 2.94. The van der Waals surface area contributed by atoms with E-state index in [0.29, 0.717) is 16.6 Å². The number of imidazole rings is 1. The number of H-pyrrole nitrogens is 1. The summed E-state index contributed by atoms with van der Waals surface area (Å²) in [4.78, 5) is 7.09. The third-order valence-electron chi connectivity index (χ3n) is 3.40. The highest BCUT2D eigenvalue weighted by Crippen LogP contribution is 2.35. The van der Waals surface area contributed by atoms with Gasteiger partial charge in [0, 0.05) is 11.6 Å². The Balaban J connectivity index is 2.29. The molecular formula is C16H14F2N2O. The van der Waals surface area contributed by atoms with Gasteiger partial charge in [0.15, 0.2) is 0 Å². The third-order valence-corrected chi connectivity index (χ3v) is 3.40. The number of aliphatic hydroxyl groups is 1. The van der Waals surface area contributed by atoms with E-state index in [2.05, 4.69) is 9.97 Å². The average molecular weight is 288 g/mol. The molecule has 3 nitrogen and oxygen atoms in total. The molecule has 5 heteroatoms. The molecule has 0 atom stereocenters. The van der Waals surface area contributed by atoms with Crippen LogP contribution in [0.5, 0.6) is 0 Å². The predicted octanol–water partition coefficient (Wildman–Crippen LogP) is 3.74. The Hall–Kier alpha value is -2.27. The van der Waals surface area contributed by atoms with Crippen molar-refractivity contribution in [2.24, 2.45) is 0 Å². The minimum absolute atomic E-state index is 0.0683. The maximum Gasteiger partial charge on any atom is 0.132 e. The maximum atomic E-state index is 14.1. The zero-order chi connectivity index (χ0) is 15.2. The minimum atomic E-state index is -1.42. The molecule has 0 aliphatic heterocycles. The SMILES string of the molecule is CC(C)(O)c1c(F)cc(F)cc1-c1ccc2[nH]cnc2c1. The minimum Gasteiger partial charge on any atom is -0.386 e. The van der Waals surface area contributed by atoms with E-state index < -0.39 is 17.2 Å². The molecule has 108 valence electrons. The van der Waals surface area contributed by atoms with Crippen LogP contribution in [0, 0.1) is 11.6 Å². The van der Waals surface area contributed by atoms with Gasteiger partial charge in [0.2, 0.25) is 0 Å². The molecule has 2 aromatic carbocycles. The highest BCUT2D eigenvalue weighted by molar-refractivity contribution is 5.82. The van der Waals surface area contributed by atoms with Crippen LogP contribution in [0.3, 0.4) is 0 Å². The highest BCUT2D eigenvalue weighted by atomic mass is 19.1. The molecule has 1 heterocycles. The van der Waals surface area contributed by atoms with E-state index in [9.17, 15) is 13.9 Å². The van der Waals surface area contributed by atoms with Crippen molar-refractivity contribution in [3.05, 3.63) is 53.9 Å². The van der Waals surface area contributed by atoms with Gasteiger partial charge >= 0.3 is 0 Å². The largest absolute Gasteiger partial charge is 0.386 e. The first kappa shape index (κ1) is 13.7. The molecule has 0 fully saturated rings. The Morgan fingerprint density at radius 1 is 1.14 bits per heavy atom. The molecule has 21 heavy (non-hydrogen) atoms. The molecule has 0 saturated heterocycles. The molecule has 0 aliphatic carbocycles. The second-order valence-electron chi connectivity index (χ2n) is 5.50. The number of halogens is 2. The molecule has 3 aromatic rings. The zero-order valence-corrected chi connectivity index (χ0v) is 11.6. The van der Waals surface area contributed by atoms with E-state index in [0.717, 1.165) is 11.6 Å². The fraction of sp³-hybridized carbons (Fsp3) is 0.188. The summed E-state index contributed by atoms with van der Waals surface area (Å²) in [7, 11) is 0. The quantitative estimate of drug-likeness (QED) is 0.754. The van der Waals surface area contributed by atoms with Gasteiger partial charge in [-0.3, -0.25) is 0 Å². The Labute approximate surface area is 120 Å². The Kier molecular flexibility index (Phi) is 3.02. The molecule has 0 saturated carbocycles. The van der Waals surface area contributed by atoms with Crippen molar-refractivity contribution in [3.63, 3.8) is 0 Å². The monoisotopic (exact) mass is 288 g/mol. The maximum absolute atomic E-state index is 14.1. The first-order valence-corrected chi connectivity index (χ1v) is 6.51. The molecule has 1 aromatic heterocycles. The first-order chi connectivity index (χ1) is 9.86. The predicted molar refractivity (Wildman–Crippen MR) is 76.7 cm³/mol. The summed E-state index contributed by atoms with van der Waals surface area (Å²) in [5.41, 5.74) is 1.10. The fourth-order valence-electron chi connectivity index (χ4n) is 2.52. The van der Waals surface area contributed by atoms with Crippen LogP contribution in [0.25, 0.3) is 22.2 Å². The lowest BCUT2D eigenvalue weighted by Gasteiger charge is -2.22. The summed E-state index contributed by atoms with van der Waals surface area (Å²) in [6.07, 6.45) is 1.55. The number of aromatic amines is 1. The molecule has 0 radical (unpaired) electrons. The van der Waals surface area contributed by atoms with E-state index in [1.807, 2.05) is 0 Å². The lowest BCUT2D eigenvalue weighted by atomic mass is 9.89. The number of fused-ring (bicyclic) bond motifs is 1. The van der Waals surface area contributed by atoms with Crippen molar-refractivity contribution in [2.45, 2.75) is 19.4 Å². The van der Waals surface area contributed by atoms with Gasteiger partial charge < -0.3 is 10.1 Å². The van der Waals surface area contributed by atoms with E-state index >= 15 is 0 Å². The summed E-state index contributed by atoms with van der Waals surface area (Å²) in [5, 5.41) is 10.2. The van der Waals surface area contributed by atoms with Gasteiger partial charge in [-0.15, -0.1) is 0 Å². The normalized spacial score (nSPS) is 12.0. The molecule has 0 amide bonds. The van der Waals surface area contributed by atoms with E-state index in [1.165, 1.54) is 19.9 Å². The fourth-order valence-corrected chi connectivity index (χ4v) is 2.52. The molecular weight excluding hydrogens is 274 g/mol. The van der Waals surface area contributed by atoms with Crippen molar-refractivity contribution >= 4 is 11.0 Å². The van der Waals surface area contributed by atoms with E-state index in [4.69, 9.17) is 0 Å². The number of nitrogens with one attached hydrogen (secondary N) is 1. The van der Waals surface area contributed by atoms with Crippen molar-refractivity contribution < 1.29 is 13.9 Å². The van der Waals surface area contributed by atoms with Crippen LogP contribution < -0.4 is 0 Å². The molecule has 0 spiro atoms. The van der Waals surface area contributed by atoms with Crippen LogP contribution in [-0.2, 0) is 5.60 Å². The number of nitrogens with zero attached hydrogens (tertiary/aromatic N) is 1. The van der Waals surface area contributed by atoms with Crippen molar-refractivity contribution in [1.82, 2.24) is 9.97 Å². The smallest absolute Gasteiger partial charge is 0.132 e. The molecule has 2 N–H and O–H groups in total. The summed E-state index contributed by atoms with van der Waals surface area (Å²) in [5.74, 6) is -1.45. The number of benzene rings is 2. The Bertz CT molecular complexity index is 819. The van der Waals surface area contributed by atoms with Crippen LogP contribution in [0.1, 0.15) is 19.4 Å². The highest BCUT2D eigenvalue weighted by Gasteiger charge is 2.26. The lowest BCUT2D eigenvalue weighted by molar-refractivity contribution is 0.0751. The van der Waals surface area contributed by atoms with Crippen molar-refractivity contribution in [1.29, 1.82) is 0 Å².